The van der Waals surface area contributed by atoms with Crippen molar-refractivity contribution in [1.29, 1.82) is 0 Å². The Bertz CT molecular complexity index is 328. The van der Waals surface area contributed by atoms with Gasteiger partial charge in [-0.05, 0) is 14.0 Å². The van der Waals surface area contributed by atoms with Crippen molar-refractivity contribution >= 4 is 5.91 Å². The summed E-state index contributed by atoms with van der Waals surface area (Å²) >= 11 is 0. The molecular formula is C12H20F2N2O2. The van der Waals surface area contributed by atoms with Gasteiger partial charge in [0.05, 0.1) is 6.61 Å². The minimum atomic E-state index is -2.62. The van der Waals surface area contributed by atoms with Crippen molar-refractivity contribution in [3.8, 4) is 0 Å². The number of piperidine rings is 1. The molecular weight excluding hydrogens is 242 g/mol. The second kappa shape index (κ2) is 4.74. The van der Waals surface area contributed by atoms with Gasteiger partial charge >= 0.3 is 0 Å². The van der Waals surface area contributed by atoms with Crippen molar-refractivity contribution in [1.82, 2.24) is 9.80 Å². The van der Waals surface area contributed by atoms with E-state index in [0.717, 1.165) is 6.54 Å². The van der Waals surface area contributed by atoms with Crippen molar-refractivity contribution in [3.63, 3.8) is 0 Å². The average Bonchev–Trinajstić information content (AvgIpc) is 2.28. The predicted octanol–water partition coefficient (Wildman–Crippen LogP) is 0.965. The van der Waals surface area contributed by atoms with E-state index in [0.29, 0.717) is 13.2 Å². The van der Waals surface area contributed by atoms with Crippen LogP contribution < -0.4 is 0 Å². The van der Waals surface area contributed by atoms with Gasteiger partial charge in [0.2, 0.25) is 0 Å². The van der Waals surface area contributed by atoms with Gasteiger partial charge < -0.3 is 14.5 Å². The highest BCUT2D eigenvalue weighted by Crippen LogP contribution is 2.30. The Morgan fingerprint density at radius 3 is 2.39 bits per heavy atom. The molecule has 2 aliphatic heterocycles. The molecule has 0 bridgehead atoms. The fourth-order valence-corrected chi connectivity index (χ4v) is 2.57. The first-order valence-corrected chi connectivity index (χ1v) is 6.32. The molecule has 0 unspecified atom stereocenters. The van der Waals surface area contributed by atoms with Crippen LogP contribution in [-0.2, 0) is 9.53 Å². The molecule has 18 heavy (non-hydrogen) atoms. The number of carbonyl (C=O) groups is 1. The van der Waals surface area contributed by atoms with E-state index < -0.39 is 11.5 Å². The number of alkyl halides is 2. The van der Waals surface area contributed by atoms with Crippen LogP contribution in [0.3, 0.4) is 0 Å². The highest BCUT2D eigenvalue weighted by Gasteiger charge is 2.44. The van der Waals surface area contributed by atoms with Gasteiger partial charge in [-0.2, -0.15) is 0 Å². The minimum absolute atomic E-state index is 0.120. The number of likely N-dealkylation sites (tertiary alicyclic amines) is 1. The van der Waals surface area contributed by atoms with Crippen LogP contribution in [0.1, 0.15) is 19.8 Å². The molecule has 0 saturated carbocycles. The summed E-state index contributed by atoms with van der Waals surface area (Å²) in [6.45, 7) is 3.79. The lowest BCUT2D eigenvalue weighted by molar-refractivity contribution is -0.171. The standard InChI is InChI=1S/C12H20F2N2O2/c1-11(9-15(2)7-8-18-11)10(17)16-5-3-12(13,14)4-6-16/h3-9H2,1-2H3/t11-/m1/s1. The Hall–Kier alpha value is -0.750. The van der Waals surface area contributed by atoms with Crippen molar-refractivity contribution < 1.29 is 18.3 Å². The average molecular weight is 262 g/mol. The zero-order chi connectivity index (χ0) is 13.4. The lowest BCUT2D eigenvalue weighted by Crippen LogP contribution is -2.59. The van der Waals surface area contributed by atoms with Crippen LogP contribution in [0, 0.1) is 0 Å². The van der Waals surface area contributed by atoms with Crippen molar-refractivity contribution in [3.05, 3.63) is 0 Å². The molecule has 0 aliphatic carbocycles. The van der Waals surface area contributed by atoms with Gasteiger partial charge in [-0.3, -0.25) is 4.79 Å². The van der Waals surface area contributed by atoms with Crippen LogP contribution in [0.15, 0.2) is 0 Å². The molecule has 4 nitrogen and oxygen atoms in total. The largest absolute Gasteiger partial charge is 0.363 e. The van der Waals surface area contributed by atoms with Gasteiger partial charge in [0.1, 0.15) is 0 Å². The van der Waals surface area contributed by atoms with Crippen LogP contribution in [0.2, 0.25) is 0 Å². The summed E-state index contributed by atoms with van der Waals surface area (Å²) in [5, 5.41) is 0. The van der Waals surface area contributed by atoms with E-state index in [1.54, 1.807) is 6.92 Å². The number of rotatable bonds is 1. The number of ether oxygens (including phenoxy) is 1. The quantitative estimate of drug-likeness (QED) is 0.706. The van der Waals surface area contributed by atoms with Crippen molar-refractivity contribution in [2.75, 3.05) is 39.8 Å². The molecule has 2 saturated heterocycles. The van der Waals surface area contributed by atoms with Crippen LogP contribution in [0.4, 0.5) is 8.78 Å². The maximum absolute atomic E-state index is 13.1. The fraction of sp³-hybridized carbons (Fsp3) is 0.917. The molecule has 0 N–H and O–H groups in total. The van der Waals surface area contributed by atoms with Crippen LogP contribution in [0.5, 0.6) is 0 Å². The van der Waals surface area contributed by atoms with E-state index in [1.165, 1.54) is 4.90 Å². The molecule has 2 rings (SSSR count). The normalized spacial score (nSPS) is 33.4. The van der Waals surface area contributed by atoms with Gasteiger partial charge in [-0.25, -0.2) is 8.78 Å². The first-order chi connectivity index (χ1) is 8.32. The van der Waals surface area contributed by atoms with E-state index in [-0.39, 0.29) is 31.8 Å². The van der Waals surface area contributed by atoms with Crippen molar-refractivity contribution in [2.45, 2.75) is 31.3 Å². The summed E-state index contributed by atoms with van der Waals surface area (Å²) in [4.78, 5) is 15.9. The summed E-state index contributed by atoms with van der Waals surface area (Å²) in [5.74, 6) is -2.79. The topological polar surface area (TPSA) is 32.8 Å². The number of amides is 1. The van der Waals surface area contributed by atoms with E-state index in [2.05, 4.69) is 0 Å². The maximum Gasteiger partial charge on any atom is 0.255 e. The summed E-state index contributed by atoms with van der Waals surface area (Å²) in [6, 6.07) is 0. The highest BCUT2D eigenvalue weighted by molar-refractivity contribution is 5.85. The second-order valence-corrected chi connectivity index (χ2v) is 5.47. The molecule has 2 aliphatic rings. The zero-order valence-corrected chi connectivity index (χ0v) is 10.9. The molecule has 0 aromatic rings. The summed E-state index contributed by atoms with van der Waals surface area (Å²) in [5.41, 5.74) is -0.889. The summed E-state index contributed by atoms with van der Waals surface area (Å²) in [6.07, 6.45) is -0.491. The molecule has 104 valence electrons. The Kier molecular flexibility index (Phi) is 3.60. The van der Waals surface area contributed by atoms with Gasteiger partial charge in [0, 0.05) is 39.0 Å². The third-order valence-corrected chi connectivity index (χ3v) is 3.70. The Morgan fingerprint density at radius 1 is 1.22 bits per heavy atom. The third kappa shape index (κ3) is 2.80. The second-order valence-electron chi connectivity index (χ2n) is 5.47. The molecule has 1 atom stereocenters. The Morgan fingerprint density at radius 2 is 1.83 bits per heavy atom. The molecule has 0 aromatic heterocycles. The number of halogens is 2. The number of likely N-dealkylation sites (N-methyl/N-ethyl adjacent to an activating group) is 1. The molecule has 0 radical (unpaired) electrons. The number of hydrogen-bond acceptors (Lipinski definition) is 3. The van der Waals surface area contributed by atoms with Crippen LogP contribution in [-0.4, -0.2) is 67.1 Å². The fourth-order valence-electron chi connectivity index (χ4n) is 2.57. The lowest BCUT2D eigenvalue weighted by Gasteiger charge is -2.42. The maximum atomic E-state index is 13.1. The smallest absolute Gasteiger partial charge is 0.255 e. The van der Waals surface area contributed by atoms with Crippen LogP contribution >= 0.6 is 0 Å². The number of morpholine rings is 1. The van der Waals surface area contributed by atoms with Crippen LogP contribution in [0.25, 0.3) is 0 Å². The van der Waals surface area contributed by atoms with E-state index >= 15 is 0 Å². The molecule has 2 fully saturated rings. The third-order valence-electron chi connectivity index (χ3n) is 3.70. The zero-order valence-electron chi connectivity index (χ0n) is 10.9. The molecule has 6 heteroatoms. The number of hydrogen-bond donors (Lipinski definition) is 0. The van der Waals surface area contributed by atoms with Gasteiger partial charge in [-0.1, -0.05) is 0 Å². The van der Waals surface area contributed by atoms with Gasteiger partial charge in [-0.15, -0.1) is 0 Å². The first kappa shape index (κ1) is 13.7. The SMILES string of the molecule is CN1CCO[C@@](C)(C(=O)N2CCC(F)(F)CC2)C1. The molecule has 0 aromatic carbocycles. The predicted molar refractivity (Wildman–Crippen MR) is 62.6 cm³/mol. The molecule has 2 heterocycles. The number of nitrogens with zero attached hydrogens (tertiary/aromatic N) is 2. The van der Waals surface area contributed by atoms with Crippen molar-refractivity contribution in [2.24, 2.45) is 0 Å². The summed E-state index contributed by atoms with van der Waals surface area (Å²) < 4.78 is 31.7. The van der Waals surface area contributed by atoms with E-state index in [1.807, 2.05) is 11.9 Å². The molecule has 1 amide bonds. The van der Waals surface area contributed by atoms with E-state index in [9.17, 15) is 13.6 Å². The lowest BCUT2D eigenvalue weighted by atomic mass is 9.99. The highest BCUT2D eigenvalue weighted by atomic mass is 19.3. The Balaban J connectivity index is 1.99. The Labute approximate surface area is 106 Å². The van der Waals surface area contributed by atoms with Gasteiger partial charge in [0.25, 0.3) is 11.8 Å². The first-order valence-electron chi connectivity index (χ1n) is 6.32. The number of carbonyl (C=O) groups excluding carboxylic acids is 1. The van der Waals surface area contributed by atoms with E-state index in [4.69, 9.17) is 4.74 Å². The molecule has 0 spiro atoms. The summed E-state index contributed by atoms with van der Waals surface area (Å²) in [7, 11) is 1.93. The minimum Gasteiger partial charge on any atom is -0.363 e. The monoisotopic (exact) mass is 262 g/mol. The van der Waals surface area contributed by atoms with Gasteiger partial charge in [0.15, 0.2) is 5.60 Å².